The molecule has 0 heterocycles. The Kier molecular flexibility index (Phi) is 4.04. The average molecular weight is 158 g/mol. The highest BCUT2D eigenvalue weighted by Gasteiger charge is 2.21. The molecular weight excluding hydrogens is 136 g/mol. The van der Waals surface area contributed by atoms with E-state index in [1.54, 1.807) is 0 Å². The van der Waals surface area contributed by atoms with Crippen LogP contribution in [0.5, 0.6) is 0 Å². The topological polar surface area (TPSA) is 38.0 Å². The molecule has 0 aromatic rings. The summed E-state index contributed by atoms with van der Waals surface area (Å²) in [7, 11) is 0. The molecule has 68 valence electrons. The lowest BCUT2D eigenvalue weighted by atomic mass is 9.79. The smallest absolute Gasteiger partial charge is 0.0185 e. The molecule has 11 heavy (non-hydrogen) atoms. The molecule has 0 aliphatic carbocycles. The largest absolute Gasteiger partial charge is 0.271 e. The number of hydrazine groups is 1. The minimum absolute atomic E-state index is 0.394. The predicted octanol–water partition coefficient (Wildman–Crippen LogP) is 1.91. The van der Waals surface area contributed by atoms with E-state index in [1.165, 1.54) is 0 Å². The molecule has 0 fully saturated rings. The number of rotatable bonds is 3. The number of hydrogen-bond donors (Lipinski definition) is 2. The molecular formula is C9H22N2. The molecule has 0 aliphatic rings. The van der Waals surface area contributed by atoms with E-state index >= 15 is 0 Å². The zero-order valence-corrected chi connectivity index (χ0v) is 8.44. The maximum absolute atomic E-state index is 5.31. The lowest BCUT2D eigenvalue weighted by Gasteiger charge is -2.29. The Hall–Kier alpha value is -0.0800. The molecule has 3 N–H and O–H groups in total. The van der Waals surface area contributed by atoms with E-state index in [0.29, 0.717) is 17.4 Å². The van der Waals surface area contributed by atoms with Crippen LogP contribution in [0.25, 0.3) is 0 Å². The Balaban J connectivity index is 3.77. The van der Waals surface area contributed by atoms with Crippen molar-refractivity contribution in [2.75, 3.05) is 0 Å². The van der Waals surface area contributed by atoms with Gasteiger partial charge in [0.1, 0.15) is 0 Å². The van der Waals surface area contributed by atoms with Crippen LogP contribution >= 0.6 is 0 Å². The van der Waals surface area contributed by atoms with Crippen molar-refractivity contribution in [3.8, 4) is 0 Å². The summed E-state index contributed by atoms with van der Waals surface area (Å²) >= 11 is 0. The van der Waals surface area contributed by atoms with E-state index in [-0.39, 0.29) is 0 Å². The molecule has 0 aliphatic heterocycles. The third-order valence-electron chi connectivity index (χ3n) is 2.47. The van der Waals surface area contributed by atoms with Gasteiger partial charge in [-0.25, -0.2) is 0 Å². The first kappa shape index (κ1) is 10.9. The Bertz CT molecular complexity index is 105. The second-order valence-corrected chi connectivity index (χ2v) is 4.57. The summed E-state index contributed by atoms with van der Waals surface area (Å²) in [6.45, 7) is 11.2. The van der Waals surface area contributed by atoms with Gasteiger partial charge in [0.15, 0.2) is 0 Å². The summed E-state index contributed by atoms with van der Waals surface area (Å²) in [4.78, 5) is 0. The molecule has 0 radical (unpaired) electrons. The number of nitrogens with one attached hydrogen (secondary N) is 1. The van der Waals surface area contributed by atoms with Gasteiger partial charge in [0.05, 0.1) is 0 Å². The average Bonchev–Trinajstić information content (AvgIpc) is 1.85. The first-order valence-corrected chi connectivity index (χ1v) is 4.34. The highest BCUT2D eigenvalue weighted by molar-refractivity contribution is 4.73. The first-order chi connectivity index (χ1) is 4.88. The minimum Gasteiger partial charge on any atom is -0.271 e. The lowest BCUT2D eigenvalue weighted by molar-refractivity contribution is 0.227. The van der Waals surface area contributed by atoms with Gasteiger partial charge in [-0.2, -0.15) is 0 Å². The molecule has 0 bridgehead atoms. The molecule has 0 aromatic carbocycles. The number of hydrogen-bond acceptors (Lipinski definition) is 2. The fourth-order valence-corrected chi connectivity index (χ4v) is 0.952. The Morgan fingerprint density at radius 1 is 1.27 bits per heavy atom. The van der Waals surface area contributed by atoms with E-state index in [9.17, 15) is 0 Å². The van der Waals surface area contributed by atoms with Crippen LogP contribution < -0.4 is 11.3 Å². The molecule has 2 nitrogen and oxygen atoms in total. The van der Waals surface area contributed by atoms with Crippen molar-refractivity contribution in [3.63, 3.8) is 0 Å². The van der Waals surface area contributed by atoms with Crippen LogP contribution in [0, 0.1) is 11.3 Å². The summed E-state index contributed by atoms with van der Waals surface area (Å²) in [5.74, 6) is 6.02. The summed E-state index contributed by atoms with van der Waals surface area (Å²) in [5, 5.41) is 0. The lowest BCUT2D eigenvalue weighted by Crippen LogP contribution is -2.35. The normalized spacial score (nSPS) is 18.0. The Labute approximate surface area is 70.5 Å². The molecule has 0 spiro atoms. The molecule has 0 saturated carbocycles. The Morgan fingerprint density at radius 2 is 1.73 bits per heavy atom. The van der Waals surface area contributed by atoms with Crippen LogP contribution in [0.3, 0.4) is 0 Å². The third-order valence-corrected chi connectivity index (χ3v) is 2.47. The fraction of sp³-hybridized carbons (Fsp3) is 1.00. The number of nitrogens with two attached hydrogens (primary N) is 1. The van der Waals surface area contributed by atoms with Crippen molar-refractivity contribution in [2.24, 2.45) is 17.2 Å². The monoisotopic (exact) mass is 158 g/mol. The predicted molar refractivity (Wildman–Crippen MR) is 50.0 cm³/mol. The van der Waals surface area contributed by atoms with Gasteiger partial charge >= 0.3 is 0 Å². The Morgan fingerprint density at radius 3 is 2.00 bits per heavy atom. The molecule has 2 atom stereocenters. The van der Waals surface area contributed by atoms with E-state index in [1.807, 2.05) is 0 Å². The molecule has 2 heteroatoms. The minimum atomic E-state index is 0.394. The van der Waals surface area contributed by atoms with E-state index in [4.69, 9.17) is 5.84 Å². The van der Waals surface area contributed by atoms with Crippen molar-refractivity contribution < 1.29 is 0 Å². The van der Waals surface area contributed by atoms with Crippen LogP contribution in [0.2, 0.25) is 0 Å². The van der Waals surface area contributed by atoms with Gasteiger partial charge in [0.2, 0.25) is 0 Å². The standard InChI is InChI=1S/C9H22N2/c1-7(9(3,4)5)6-8(2)11-10/h7-8,11H,6,10H2,1-5H3. The van der Waals surface area contributed by atoms with Crippen molar-refractivity contribution in [1.29, 1.82) is 0 Å². The maximum Gasteiger partial charge on any atom is 0.0185 e. The highest BCUT2D eigenvalue weighted by atomic mass is 15.2. The second-order valence-electron chi connectivity index (χ2n) is 4.57. The maximum atomic E-state index is 5.31. The van der Waals surface area contributed by atoms with Crippen LogP contribution in [-0.4, -0.2) is 6.04 Å². The highest BCUT2D eigenvalue weighted by Crippen LogP contribution is 2.28. The summed E-state index contributed by atoms with van der Waals surface area (Å²) in [6.07, 6.45) is 1.14. The second kappa shape index (κ2) is 4.07. The van der Waals surface area contributed by atoms with Gasteiger partial charge in [-0.3, -0.25) is 11.3 Å². The summed E-state index contributed by atoms with van der Waals surface area (Å²) in [6, 6.07) is 0.421. The quantitative estimate of drug-likeness (QED) is 0.486. The fourth-order valence-electron chi connectivity index (χ4n) is 0.952. The van der Waals surface area contributed by atoms with Crippen LogP contribution in [0.15, 0.2) is 0 Å². The van der Waals surface area contributed by atoms with Gasteiger partial charge in [0, 0.05) is 6.04 Å². The molecule has 0 aromatic heterocycles. The van der Waals surface area contributed by atoms with E-state index in [0.717, 1.165) is 6.42 Å². The molecule has 0 saturated heterocycles. The van der Waals surface area contributed by atoms with Gasteiger partial charge in [-0.05, 0) is 24.7 Å². The zero-order valence-electron chi connectivity index (χ0n) is 8.44. The van der Waals surface area contributed by atoms with Crippen molar-refractivity contribution in [2.45, 2.75) is 47.1 Å². The van der Waals surface area contributed by atoms with Crippen LogP contribution in [0.1, 0.15) is 41.0 Å². The van der Waals surface area contributed by atoms with E-state index in [2.05, 4.69) is 40.0 Å². The SMILES string of the molecule is CC(CC(C)C(C)(C)C)NN. The third kappa shape index (κ3) is 4.38. The zero-order chi connectivity index (χ0) is 9.07. The van der Waals surface area contributed by atoms with E-state index < -0.39 is 0 Å². The van der Waals surface area contributed by atoms with Gasteiger partial charge in [0.25, 0.3) is 0 Å². The first-order valence-electron chi connectivity index (χ1n) is 4.34. The molecule has 0 rings (SSSR count). The summed E-state index contributed by atoms with van der Waals surface area (Å²) in [5.41, 5.74) is 3.16. The van der Waals surface area contributed by atoms with Gasteiger partial charge in [-0.1, -0.05) is 27.7 Å². The van der Waals surface area contributed by atoms with Gasteiger partial charge < -0.3 is 0 Å². The van der Waals surface area contributed by atoms with Crippen molar-refractivity contribution >= 4 is 0 Å². The molecule has 0 amide bonds. The van der Waals surface area contributed by atoms with Gasteiger partial charge in [-0.15, -0.1) is 0 Å². The van der Waals surface area contributed by atoms with Crippen LogP contribution in [-0.2, 0) is 0 Å². The van der Waals surface area contributed by atoms with Crippen molar-refractivity contribution in [1.82, 2.24) is 5.43 Å². The summed E-state index contributed by atoms with van der Waals surface area (Å²) < 4.78 is 0. The molecule has 2 unspecified atom stereocenters. The van der Waals surface area contributed by atoms with Crippen LogP contribution in [0.4, 0.5) is 0 Å². The van der Waals surface area contributed by atoms with Crippen molar-refractivity contribution in [3.05, 3.63) is 0 Å².